The average Bonchev–Trinajstić information content (AvgIpc) is 3.38. The lowest BCUT2D eigenvalue weighted by Crippen LogP contribution is -2.30. The SMILES string of the molecule is CC/C=C\C/C=C\C/C=C\C/C=C\C/C=C\C/C=C\CCC(=O)OCC(COCCCCCCCCCC/C=C\C/C=C\CCCCC)OC(=O)CCCCCCCC/C=C\C/C=C\C/C=C\C/C=C\CC. The van der Waals surface area contributed by atoms with Gasteiger partial charge in [0.05, 0.1) is 6.61 Å². The Hall–Kier alpha value is -4.22. The highest BCUT2D eigenvalue weighted by Crippen LogP contribution is 2.13. The van der Waals surface area contributed by atoms with Crippen LogP contribution < -0.4 is 0 Å². The van der Waals surface area contributed by atoms with Gasteiger partial charge in [0.1, 0.15) is 6.61 Å². The van der Waals surface area contributed by atoms with Gasteiger partial charge in [-0.05, 0) is 128 Å². The maximum absolute atomic E-state index is 12.9. The van der Waals surface area contributed by atoms with Crippen molar-refractivity contribution in [3.8, 4) is 0 Å². The molecule has 406 valence electrons. The minimum Gasteiger partial charge on any atom is -0.462 e. The van der Waals surface area contributed by atoms with E-state index < -0.39 is 6.10 Å². The molecule has 0 aliphatic heterocycles. The minimum atomic E-state index is -0.590. The summed E-state index contributed by atoms with van der Waals surface area (Å²) in [7, 11) is 0. The molecule has 5 heteroatoms. The second-order valence-corrected chi connectivity index (χ2v) is 18.8. The Kier molecular flexibility index (Phi) is 57.5. The number of hydrogen-bond donors (Lipinski definition) is 0. The van der Waals surface area contributed by atoms with E-state index in [1.807, 2.05) is 6.08 Å². The van der Waals surface area contributed by atoms with Crippen LogP contribution in [0.5, 0.6) is 0 Å². The highest BCUT2D eigenvalue weighted by atomic mass is 16.6. The predicted molar refractivity (Wildman–Crippen MR) is 315 cm³/mol. The molecular formula is C67H108O5. The lowest BCUT2D eigenvalue weighted by Gasteiger charge is -2.18. The first kappa shape index (κ1) is 67.8. The highest BCUT2D eigenvalue weighted by molar-refractivity contribution is 5.70. The van der Waals surface area contributed by atoms with E-state index in [0.29, 0.717) is 25.9 Å². The zero-order valence-corrected chi connectivity index (χ0v) is 46.6. The first-order valence-corrected chi connectivity index (χ1v) is 29.4. The van der Waals surface area contributed by atoms with Crippen LogP contribution in [0.4, 0.5) is 0 Å². The zero-order chi connectivity index (χ0) is 52.0. The van der Waals surface area contributed by atoms with E-state index in [1.54, 1.807) is 0 Å². The average molecular weight is 994 g/mol. The summed E-state index contributed by atoms with van der Waals surface area (Å²) in [6, 6.07) is 0. The van der Waals surface area contributed by atoms with Crippen molar-refractivity contribution in [2.24, 2.45) is 0 Å². The summed E-state index contributed by atoms with van der Waals surface area (Å²) in [5, 5.41) is 0. The van der Waals surface area contributed by atoms with Gasteiger partial charge in [0.2, 0.25) is 0 Å². The van der Waals surface area contributed by atoms with Crippen molar-refractivity contribution < 1.29 is 23.8 Å². The molecular weight excluding hydrogens is 885 g/mol. The van der Waals surface area contributed by atoms with Crippen molar-refractivity contribution >= 4 is 11.9 Å². The van der Waals surface area contributed by atoms with Crippen LogP contribution >= 0.6 is 0 Å². The topological polar surface area (TPSA) is 61.8 Å². The summed E-state index contributed by atoms with van der Waals surface area (Å²) in [5.74, 6) is -0.520. The van der Waals surface area contributed by atoms with Gasteiger partial charge in [0.25, 0.3) is 0 Å². The molecule has 0 heterocycles. The van der Waals surface area contributed by atoms with Gasteiger partial charge < -0.3 is 14.2 Å². The molecule has 0 N–H and O–H groups in total. The highest BCUT2D eigenvalue weighted by Gasteiger charge is 2.17. The van der Waals surface area contributed by atoms with Crippen LogP contribution in [0.2, 0.25) is 0 Å². The molecule has 0 aromatic rings. The minimum absolute atomic E-state index is 0.0273. The van der Waals surface area contributed by atoms with Crippen LogP contribution in [0, 0.1) is 0 Å². The monoisotopic (exact) mass is 993 g/mol. The third kappa shape index (κ3) is 58.4. The quantitative estimate of drug-likeness (QED) is 0.0345. The lowest BCUT2D eigenvalue weighted by atomic mass is 10.1. The molecule has 0 aromatic carbocycles. The number of esters is 2. The van der Waals surface area contributed by atoms with Crippen LogP contribution in [-0.4, -0.2) is 37.9 Å². The summed E-state index contributed by atoms with van der Waals surface area (Å²) in [5.41, 5.74) is 0. The molecule has 0 saturated carbocycles. The summed E-state index contributed by atoms with van der Waals surface area (Å²) in [4.78, 5) is 25.5. The molecule has 5 nitrogen and oxygen atoms in total. The van der Waals surface area contributed by atoms with E-state index in [-0.39, 0.29) is 25.2 Å². The van der Waals surface area contributed by atoms with Crippen LogP contribution in [0.1, 0.15) is 239 Å². The van der Waals surface area contributed by atoms with Crippen molar-refractivity contribution in [2.75, 3.05) is 19.8 Å². The lowest BCUT2D eigenvalue weighted by molar-refractivity contribution is -0.162. The Balaban J connectivity index is 4.47. The molecule has 0 aromatic heterocycles. The van der Waals surface area contributed by atoms with Crippen molar-refractivity contribution in [2.45, 2.75) is 245 Å². The van der Waals surface area contributed by atoms with Gasteiger partial charge in [0.15, 0.2) is 6.10 Å². The molecule has 0 saturated heterocycles. The van der Waals surface area contributed by atoms with Gasteiger partial charge in [-0.15, -0.1) is 0 Å². The van der Waals surface area contributed by atoms with Gasteiger partial charge in [-0.3, -0.25) is 9.59 Å². The Morgan fingerprint density at radius 1 is 0.319 bits per heavy atom. The van der Waals surface area contributed by atoms with Gasteiger partial charge >= 0.3 is 11.9 Å². The molecule has 0 aliphatic rings. The van der Waals surface area contributed by atoms with Gasteiger partial charge in [-0.25, -0.2) is 0 Å². The Morgan fingerprint density at radius 2 is 0.653 bits per heavy atom. The number of allylic oxidation sites excluding steroid dienone is 24. The van der Waals surface area contributed by atoms with E-state index in [9.17, 15) is 9.59 Å². The summed E-state index contributed by atoms with van der Waals surface area (Å²) >= 11 is 0. The maximum Gasteiger partial charge on any atom is 0.306 e. The Morgan fingerprint density at radius 3 is 1.06 bits per heavy atom. The van der Waals surface area contributed by atoms with Crippen molar-refractivity contribution in [1.29, 1.82) is 0 Å². The van der Waals surface area contributed by atoms with E-state index in [0.717, 1.165) is 109 Å². The Labute approximate surface area is 444 Å². The van der Waals surface area contributed by atoms with E-state index in [4.69, 9.17) is 14.2 Å². The largest absolute Gasteiger partial charge is 0.462 e. The molecule has 0 bridgehead atoms. The normalized spacial score (nSPS) is 13.3. The van der Waals surface area contributed by atoms with Crippen LogP contribution in [0.3, 0.4) is 0 Å². The fourth-order valence-corrected chi connectivity index (χ4v) is 7.56. The summed E-state index contributed by atoms with van der Waals surface area (Å²) in [6.45, 7) is 7.46. The molecule has 0 spiro atoms. The van der Waals surface area contributed by atoms with Crippen molar-refractivity contribution in [3.05, 3.63) is 146 Å². The molecule has 0 radical (unpaired) electrons. The maximum atomic E-state index is 12.9. The zero-order valence-electron chi connectivity index (χ0n) is 46.6. The van der Waals surface area contributed by atoms with Crippen LogP contribution in [0.15, 0.2) is 146 Å². The molecule has 0 fully saturated rings. The molecule has 1 unspecified atom stereocenters. The van der Waals surface area contributed by atoms with Gasteiger partial charge in [-0.1, -0.05) is 244 Å². The number of carbonyl (C=O) groups excluding carboxylic acids is 2. The number of ether oxygens (including phenoxy) is 3. The summed E-state index contributed by atoms with van der Waals surface area (Å²) in [6.07, 6.45) is 88.8. The summed E-state index contributed by atoms with van der Waals surface area (Å²) < 4.78 is 17.4. The number of carbonyl (C=O) groups is 2. The fraction of sp³-hybridized carbons (Fsp3) is 0.612. The van der Waals surface area contributed by atoms with E-state index in [1.165, 1.54) is 89.9 Å². The molecule has 0 amide bonds. The number of rotatable bonds is 52. The van der Waals surface area contributed by atoms with Gasteiger partial charge in [-0.2, -0.15) is 0 Å². The smallest absolute Gasteiger partial charge is 0.306 e. The van der Waals surface area contributed by atoms with E-state index >= 15 is 0 Å². The first-order valence-electron chi connectivity index (χ1n) is 29.4. The first-order chi connectivity index (χ1) is 35.6. The fourth-order valence-electron chi connectivity index (χ4n) is 7.56. The second-order valence-electron chi connectivity index (χ2n) is 18.8. The van der Waals surface area contributed by atoms with Crippen molar-refractivity contribution in [3.63, 3.8) is 0 Å². The molecule has 0 rings (SSSR count). The van der Waals surface area contributed by atoms with Crippen molar-refractivity contribution in [1.82, 2.24) is 0 Å². The van der Waals surface area contributed by atoms with Crippen LogP contribution in [-0.2, 0) is 23.8 Å². The second kappa shape index (κ2) is 61.1. The third-order valence-corrected chi connectivity index (χ3v) is 11.9. The Bertz CT molecular complexity index is 1540. The molecule has 72 heavy (non-hydrogen) atoms. The number of unbranched alkanes of at least 4 members (excludes halogenated alkanes) is 17. The molecule has 1 atom stereocenters. The standard InChI is InChI=1S/C67H108O5/c1-4-7-10-13-16-19-22-25-28-31-34-36-39-42-45-48-51-54-57-60-66(68)71-64-65(63-70-62-59-56-53-50-47-44-41-38-33-30-27-24-21-18-15-12-9-6-3)72-67(69)61-58-55-52-49-46-43-40-37-35-32-29-26-23-20-17-14-11-8-5-2/h7-8,10-11,16-21,25-30,34-37,42,45,51,54,65H,4-6,9,12-15,22-24,31-33,38-41,43-44,46-50,52-53,55-64H2,1-3H3/b10-7-,11-8-,19-16-,20-17-,21-18-,28-25-,29-26-,30-27-,36-34-,37-35-,45-42-,54-51-. The third-order valence-electron chi connectivity index (χ3n) is 11.9. The molecule has 0 aliphatic carbocycles. The van der Waals surface area contributed by atoms with Crippen LogP contribution in [0.25, 0.3) is 0 Å². The van der Waals surface area contributed by atoms with E-state index in [2.05, 4.69) is 161 Å². The van der Waals surface area contributed by atoms with Gasteiger partial charge in [0, 0.05) is 19.4 Å². The predicted octanol–water partition coefficient (Wildman–Crippen LogP) is 20.5. The number of hydrogen-bond acceptors (Lipinski definition) is 5.